The maximum atomic E-state index is 8.64. The quantitative estimate of drug-likeness (QED) is 0.618. The number of anilines is 1. The number of nitrogens with one attached hydrogen (secondary N) is 1. The molecule has 1 atom stereocenters. The summed E-state index contributed by atoms with van der Waals surface area (Å²) in [6, 6.07) is 5.77. The Bertz CT molecular complexity index is 415. The van der Waals surface area contributed by atoms with E-state index in [-0.39, 0.29) is 6.04 Å². The van der Waals surface area contributed by atoms with Crippen molar-refractivity contribution in [2.75, 3.05) is 12.5 Å². The molecule has 0 amide bonds. The third-order valence-electron chi connectivity index (χ3n) is 2.60. The van der Waals surface area contributed by atoms with Crippen LogP contribution in [0.15, 0.2) is 12.1 Å². The lowest BCUT2D eigenvalue weighted by atomic mass is 10.2. The van der Waals surface area contributed by atoms with Crippen molar-refractivity contribution in [3.63, 3.8) is 0 Å². The number of hydrogen-bond donors (Lipinski definition) is 2. The number of halogens is 1. The second-order valence-electron chi connectivity index (χ2n) is 3.90. The van der Waals surface area contributed by atoms with E-state index in [1.807, 2.05) is 18.9 Å². The summed E-state index contributed by atoms with van der Waals surface area (Å²) < 4.78 is 0. The van der Waals surface area contributed by atoms with Gasteiger partial charge in [0.05, 0.1) is 23.2 Å². The number of hydrazine groups is 1. The molecule has 1 aromatic heterocycles. The molecule has 0 saturated heterocycles. The van der Waals surface area contributed by atoms with E-state index in [4.69, 9.17) is 22.7 Å². The second kappa shape index (κ2) is 6.40. The van der Waals surface area contributed by atoms with Gasteiger partial charge in [-0.25, -0.2) is 10.8 Å². The number of aromatic nitrogens is 1. The summed E-state index contributed by atoms with van der Waals surface area (Å²) in [7, 11) is 1.93. The Balaban J connectivity index is 2.77. The van der Waals surface area contributed by atoms with E-state index in [9.17, 15) is 0 Å². The average molecular weight is 254 g/mol. The van der Waals surface area contributed by atoms with Crippen molar-refractivity contribution in [1.29, 1.82) is 5.26 Å². The molecule has 1 rings (SSSR count). The van der Waals surface area contributed by atoms with Gasteiger partial charge >= 0.3 is 0 Å². The molecule has 0 radical (unpaired) electrons. The van der Waals surface area contributed by atoms with Crippen LogP contribution in [-0.4, -0.2) is 23.0 Å². The zero-order valence-corrected chi connectivity index (χ0v) is 10.7. The van der Waals surface area contributed by atoms with Crippen LogP contribution in [0, 0.1) is 11.3 Å². The first-order valence-corrected chi connectivity index (χ1v) is 5.65. The lowest BCUT2D eigenvalue weighted by molar-refractivity contribution is 0.250. The summed E-state index contributed by atoms with van der Waals surface area (Å²) in [5.41, 5.74) is 3.23. The molecule has 1 heterocycles. The Hall–Kier alpha value is -1.35. The second-order valence-corrected chi connectivity index (χ2v) is 4.30. The van der Waals surface area contributed by atoms with Crippen molar-refractivity contribution in [2.45, 2.75) is 25.9 Å². The van der Waals surface area contributed by atoms with Gasteiger partial charge < -0.3 is 5.43 Å². The van der Waals surface area contributed by atoms with Gasteiger partial charge in [0.25, 0.3) is 0 Å². The van der Waals surface area contributed by atoms with Crippen LogP contribution in [0.4, 0.5) is 5.82 Å². The van der Waals surface area contributed by atoms with Crippen molar-refractivity contribution in [3.05, 3.63) is 22.8 Å². The first-order valence-electron chi connectivity index (χ1n) is 5.27. The molecule has 0 saturated carbocycles. The summed E-state index contributed by atoms with van der Waals surface area (Å²) in [4.78, 5) is 6.31. The lowest BCUT2D eigenvalue weighted by Gasteiger charge is -2.22. The fraction of sp³-hybridized carbons (Fsp3) is 0.455. The summed E-state index contributed by atoms with van der Waals surface area (Å²) >= 11 is 6.06. The highest BCUT2D eigenvalue weighted by Gasteiger charge is 2.12. The number of nitriles is 1. The van der Waals surface area contributed by atoms with Crippen LogP contribution in [0.2, 0.25) is 5.02 Å². The van der Waals surface area contributed by atoms with Crippen LogP contribution >= 0.6 is 11.6 Å². The van der Waals surface area contributed by atoms with E-state index in [0.29, 0.717) is 23.8 Å². The van der Waals surface area contributed by atoms with Gasteiger partial charge in [-0.05, 0) is 26.1 Å². The molecule has 5 nitrogen and oxygen atoms in total. The lowest BCUT2D eigenvalue weighted by Crippen LogP contribution is -2.28. The topological polar surface area (TPSA) is 78.0 Å². The molecule has 17 heavy (non-hydrogen) atoms. The molecule has 0 aliphatic heterocycles. The van der Waals surface area contributed by atoms with Crippen molar-refractivity contribution < 1.29 is 0 Å². The van der Waals surface area contributed by atoms with Crippen LogP contribution in [0.5, 0.6) is 0 Å². The molecule has 0 spiro atoms. The van der Waals surface area contributed by atoms with Gasteiger partial charge in [-0.3, -0.25) is 4.90 Å². The minimum Gasteiger partial charge on any atom is -0.308 e. The van der Waals surface area contributed by atoms with Gasteiger partial charge in [-0.1, -0.05) is 11.6 Å². The van der Waals surface area contributed by atoms with Gasteiger partial charge in [0, 0.05) is 12.6 Å². The molecule has 0 aromatic carbocycles. The summed E-state index contributed by atoms with van der Waals surface area (Å²) in [5, 5.41) is 9.24. The molecule has 0 fully saturated rings. The Morgan fingerprint density at radius 1 is 1.65 bits per heavy atom. The molecule has 0 aliphatic carbocycles. The van der Waals surface area contributed by atoms with Gasteiger partial charge in [-0.2, -0.15) is 5.26 Å². The highest BCUT2D eigenvalue weighted by Crippen LogP contribution is 2.18. The predicted octanol–water partition coefficient (Wildman–Crippen LogP) is 1.75. The van der Waals surface area contributed by atoms with Crippen molar-refractivity contribution in [3.8, 4) is 6.07 Å². The largest absolute Gasteiger partial charge is 0.308 e. The molecule has 1 unspecified atom stereocenters. The Labute approximate surface area is 106 Å². The van der Waals surface area contributed by atoms with Crippen molar-refractivity contribution in [2.24, 2.45) is 5.84 Å². The van der Waals surface area contributed by atoms with Crippen LogP contribution < -0.4 is 11.3 Å². The fourth-order valence-corrected chi connectivity index (χ4v) is 1.52. The average Bonchev–Trinajstić information content (AvgIpc) is 2.32. The minimum absolute atomic E-state index is 0.160. The maximum absolute atomic E-state index is 8.64. The first kappa shape index (κ1) is 13.7. The predicted molar refractivity (Wildman–Crippen MR) is 68.2 cm³/mol. The Kier molecular flexibility index (Phi) is 5.16. The standard InChI is InChI=1S/C11H16ClN5/c1-8(5-6-13)17(2)7-10-9(12)3-4-11(15-10)16-14/h3-4,8H,5,7,14H2,1-2H3,(H,15,16). The SMILES string of the molecule is CC(CC#N)N(C)Cc1nc(NN)ccc1Cl. The van der Waals surface area contributed by atoms with Crippen molar-refractivity contribution in [1.82, 2.24) is 9.88 Å². The third kappa shape index (κ3) is 3.86. The monoisotopic (exact) mass is 253 g/mol. The molecule has 1 aromatic rings. The molecule has 0 bridgehead atoms. The van der Waals surface area contributed by atoms with Crippen LogP contribution in [-0.2, 0) is 6.54 Å². The maximum Gasteiger partial charge on any atom is 0.140 e. The summed E-state index contributed by atoms with van der Waals surface area (Å²) in [6.07, 6.45) is 0.475. The smallest absolute Gasteiger partial charge is 0.140 e. The van der Waals surface area contributed by atoms with Gasteiger partial charge in [0.1, 0.15) is 5.82 Å². The third-order valence-corrected chi connectivity index (χ3v) is 2.95. The zero-order valence-electron chi connectivity index (χ0n) is 9.94. The number of rotatable bonds is 5. The fourth-order valence-electron chi connectivity index (χ4n) is 1.36. The zero-order chi connectivity index (χ0) is 12.8. The molecule has 6 heteroatoms. The van der Waals surface area contributed by atoms with E-state index in [1.165, 1.54) is 0 Å². The van der Waals surface area contributed by atoms with Crippen molar-refractivity contribution >= 4 is 17.4 Å². The van der Waals surface area contributed by atoms with Gasteiger partial charge in [0.2, 0.25) is 0 Å². The number of nitrogens with zero attached hydrogens (tertiary/aromatic N) is 3. The molecule has 92 valence electrons. The highest BCUT2D eigenvalue weighted by atomic mass is 35.5. The van der Waals surface area contributed by atoms with E-state index < -0.39 is 0 Å². The van der Waals surface area contributed by atoms with E-state index in [0.717, 1.165) is 5.69 Å². The normalized spacial score (nSPS) is 12.2. The minimum atomic E-state index is 0.160. The van der Waals surface area contributed by atoms with E-state index in [2.05, 4.69) is 16.5 Å². The Morgan fingerprint density at radius 2 is 2.35 bits per heavy atom. The van der Waals surface area contributed by atoms with Gasteiger partial charge in [-0.15, -0.1) is 0 Å². The molecular weight excluding hydrogens is 238 g/mol. The van der Waals surface area contributed by atoms with E-state index >= 15 is 0 Å². The molecule has 3 N–H and O–H groups in total. The first-order chi connectivity index (χ1) is 8.08. The number of hydrogen-bond acceptors (Lipinski definition) is 5. The summed E-state index contributed by atoms with van der Waals surface area (Å²) in [5.74, 6) is 5.87. The molecular formula is C11H16ClN5. The van der Waals surface area contributed by atoms with Gasteiger partial charge in [0.15, 0.2) is 0 Å². The number of nitrogens with two attached hydrogens (primary N) is 1. The van der Waals surface area contributed by atoms with E-state index in [1.54, 1.807) is 12.1 Å². The van der Waals surface area contributed by atoms with Crippen LogP contribution in [0.1, 0.15) is 19.0 Å². The van der Waals surface area contributed by atoms with Crippen LogP contribution in [0.25, 0.3) is 0 Å². The van der Waals surface area contributed by atoms with Crippen LogP contribution in [0.3, 0.4) is 0 Å². The molecule has 0 aliphatic rings. The number of pyridine rings is 1. The summed E-state index contributed by atoms with van der Waals surface area (Å²) in [6.45, 7) is 2.57. The number of nitrogen functional groups attached to an aromatic ring is 1. The highest BCUT2D eigenvalue weighted by molar-refractivity contribution is 6.31. The Morgan fingerprint density at radius 3 is 2.94 bits per heavy atom.